The van der Waals surface area contributed by atoms with Crippen molar-refractivity contribution >= 4 is 5.97 Å². The van der Waals surface area contributed by atoms with Crippen molar-refractivity contribution in [3.63, 3.8) is 0 Å². The Hall–Kier alpha value is -0.530. The fraction of sp³-hybridized carbons (Fsp3) is 0.929. The van der Waals surface area contributed by atoms with Crippen molar-refractivity contribution < 1.29 is 9.53 Å². The fourth-order valence-corrected chi connectivity index (χ4v) is 1.62. The van der Waals surface area contributed by atoms with Gasteiger partial charge in [0.15, 0.2) is 0 Å². The second kappa shape index (κ2) is 9.68. The molecule has 1 atom stereocenters. The Morgan fingerprint density at radius 2 is 1.69 bits per heavy atom. The van der Waals surface area contributed by atoms with Crippen molar-refractivity contribution in [1.29, 1.82) is 0 Å². The average molecular weight is 228 g/mol. The van der Waals surface area contributed by atoms with E-state index in [9.17, 15) is 4.79 Å². The van der Waals surface area contributed by atoms with E-state index in [0.717, 1.165) is 12.8 Å². The standard InChI is InChI=1S/C14H28O2/c1-5-7-8-9-10-11-13(6-2)16-14(15)12(3)4/h12-13H,5-11H2,1-4H3. The van der Waals surface area contributed by atoms with Crippen LogP contribution in [-0.4, -0.2) is 12.1 Å². The van der Waals surface area contributed by atoms with Crippen LogP contribution in [0.15, 0.2) is 0 Å². The lowest BCUT2D eigenvalue weighted by molar-refractivity contribution is -0.153. The Morgan fingerprint density at radius 1 is 1.06 bits per heavy atom. The Morgan fingerprint density at radius 3 is 2.19 bits per heavy atom. The van der Waals surface area contributed by atoms with Crippen LogP contribution in [0.25, 0.3) is 0 Å². The molecular weight excluding hydrogens is 200 g/mol. The van der Waals surface area contributed by atoms with E-state index in [2.05, 4.69) is 13.8 Å². The molecule has 0 saturated carbocycles. The van der Waals surface area contributed by atoms with E-state index < -0.39 is 0 Å². The van der Waals surface area contributed by atoms with E-state index in [0.29, 0.717) is 0 Å². The number of carbonyl (C=O) groups is 1. The topological polar surface area (TPSA) is 26.3 Å². The van der Waals surface area contributed by atoms with Crippen molar-refractivity contribution in [2.45, 2.75) is 78.7 Å². The zero-order valence-electron chi connectivity index (χ0n) is 11.4. The molecule has 0 bridgehead atoms. The molecule has 0 aromatic rings. The van der Waals surface area contributed by atoms with Crippen LogP contribution in [0.3, 0.4) is 0 Å². The Labute approximate surface area is 101 Å². The van der Waals surface area contributed by atoms with Gasteiger partial charge in [0.1, 0.15) is 6.10 Å². The van der Waals surface area contributed by atoms with E-state index in [1.165, 1.54) is 32.1 Å². The summed E-state index contributed by atoms with van der Waals surface area (Å²) >= 11 is 0. The number of hydrogen-bond donors (Lipinski definition) is 0. The lowest BCUT2D eigenvalue weighted by Gasteiger charge is -2.17. The van der Waals surface area contributed by atoms with E-state index in [1.807, 2.05) is 13.8 Å². The molecule has 0 fully saturated rings. The lowest BCUT2D eigenvalue weighted by Crippen LogP contribution is -2.21. The highest BCUT2D eigenvalue weighted by Gasteiger charge is 2.14. The molecule has 0 rings (SSSR count). The minimum atomic E-state index is -0.0552. The van der Waals surface area contributed by atoms with Crippen LogP contribution in [0.2, 0.25) is 0 Å². The van der Waals surface area contributed by atoms with Crippen LogP contribution < -0.4 is 0 Å². The van der Waals surface area contributed by atoms with E-state index in [4.69, 9.17) is 4.74 Å². The predicted molar refractivity (Wildman–Crippen MR) is 68.4 cm³/mol. The van der Waals surface area contributed by atoms with Gasteiger partial charge >= 0.3 is 5.97 Å². The predicted octanol–water partition coefficient (Wildman–Crippen LogP) is 4.32. The number of esters is 1. The first kappa shape index (κ1) is 15.5. The fourth-order valence-electron chi connectivity index (χ4n) is 1.62. The quantitative estimate of drug-likeness (QED) is 0.434. The average Bonchev–Trinajstić information content (AvgIpc) is 2.26. The second-order valence-electron chi connectivity index (χ2n) is 4.82. The number of hydrogen-bond acceptors (Lipinski definition) is 2. The lowest BCUT2D eigenvalue weighted by atomic mass is 10.1. The highest BCUT2D eigenvalue weighted by Crippen LogP contribution is 2.13. The third-order valence-electron chi connectivity index (χ3n) is 2.84. The summed E-state index contributed by atoms with van der Waals surface area (Å²) in [5.74, 6) is -0.0606. The Kier molecular flexibility index (Phi) is 9.36. The van der Waals surface area contributed by atoms with Crippen molar-refractivity contribution in [3.05, 3.63) is 0 Å². The van der Waals surface area contributed by atoms with E-state index in [-0.39, 0.29) is 18.0 Å². The molecule has 16 heavy (non-hydrogen) atoms. The first-order chi connectivity index (χ1) is 7.61. The zero-order chi connectivity index (χ0) is 12.4. The van der Waals surface area contributed by atoms with Gasteiger partial charge in [0, 0.05) is 0 Å². The maximum Gasteiger partial charge on any atom is 0.308 e. The largest absolute Gasteiger partial charge is 0.462 e. The minimum absolute atomic E-state index is 0.00542. The van der Waals surface area contributed by atoms with Crippen molar-refractivity contribution in [2.75, 3.05) is 0 Å². The number of ether oxygens (including phenoxy) is 1. The van der Waals surface area contributed by atoms with Gasteiger partial charge in [0.2, 0.25) is 0 Å². The van der Waals surface area contributed by atoms with Crippen LogP contribution in [0.5, 0.6) is 0 Å². The molecule has 2 heteroatoms. The summed E-state index contributed by atoms with van der Waals surface area (Å²) in [5, 5.41) is 0. The van der Waals surface area contributed by atoms with Crippen LogP contribution in [0, 0.1) is 5.92 Å². The molecule has 96 valence electrons. The molecule has 0 aromatic heterocycles. The third-order valence-corrected chi connectivity index (χ3v) is 2.84. The van der Waals surface area contributed by atoms with Gasteiger partial charge in [-0.2, -0.15) is 0 Å². The molecule has 0 heterocycles. The first-order valence-corrected chi connectivity index (χ1v) is 6.82. The summed E-state index contributed by atoms with van der Waals surface area (Å²) in [6.45, 7) is 8.08. The van der Waals surface area contributed by atoms with Crippen molar-refractivity contribution in [3.8, 4) is 0 Å². The number of rotatable bonds is 9. The zero-order valence-corrected chi connectivity index (χ0v) is 11.4. The molecular formula is C14H28O2. The third kappa shape index (κ3) is 7.72. The van der Waals surface area contributed by atoms with Gasteiger partial charge in [-0.05, 0) is 19.3 Å². The maximum absolute atomic E-state index is 11.4. The highest BCUT2D eigenvalue weighted by atomic mass is 16.5. The van der Waals surface area contributed by atoms with E-state index >= 15 is 0 Å². The molecule has 0 spiro atoms. The summed E-state index contributed by atoms with van der Waals surface area (Å²) in [6, 6.07) is 0. The smallest absolute Gasteiger partial charge is 0.308 e. The number of carbonyl (C=O) groups excluding carboxylic acids is 1. The summed E-state index contributed by atoms with van der Waals surface area (Å²) in [5.41, 5.74) is 0. The van der Waals surface area contributed by atoms with Gasteiger partial charge < -0.3 is 4.74 Å². The molecule has 0 aromatic carbocycles. The Bertz CT molecular complexity index is 176. The normalized spacial score (nSPS) is 12.8. The summed E-state index contributed by atoms with van der Waals surface area (Å²) < 4.78 is 5.43. The molecule has 0 aliphatic heterocycles. The molecule has 0 radical (unpaired) electrons. The molecule has 1 unspecified atom stereocenters. The van der Waals surface area contributed by atoms with Gasteiger partial charge in [-0.25, -0.2) is 0 Å². The Balaban J connectivity index is 3.63. The van der Waals surface area contributed by atoms with Crippen LogP contribution in [0.1, 0.15) is 72.6 Å². The van der Waals surface area contributed by atoms with Gasteiger partial charge in [0.05, 0.1) is 5.92 Å². The van der Waals surface area contributed by atoms with E-state index in [1.54, 1.807) is 0 Å². The second-order valence-corrected chi connectivity index (χ2v) is 4.82. The highest BCUT2D eigenvalue weighted by molar-refractivity contribution is 5.71. The SMILES string of the molecule is CCCCCCCC(CC)OC(=O)C(C)C. The van der Waals surface area contributed by atoms with Crippen LogP contribution in [0.4, 0.5) is 0 Å². The van der Waals surface area contributed by atoms with Crippen molar-refractivity contribution in [2.24, 2.45) is 5.92 Å². The molecule has 2 nitrogen and oxygen atoms in total. The molecule has 0 N–H and O–H groups in total. The van der Waals surface area contributed by atoms with Gasteiger partial charge in [-0.3, -0.25) is 4.79 Å². The van der Waals surface area contributed by atoms with Gasteiger partial charge in [-0.1, -0.05) is 53.4 Å². The monoisotopic (exact) mass is 228 g/mol. The molecule has 0 aliphatic rings. The summed E-state index contributed by atoms with van der Waals surface area (Å²) in [7, 11) is 0. The first-order valence-electron chi connectivity index (χ1n) is 6.82. The molecule has 0 aliphatic carbocycles. The summed E-state index contributed by atoms with van der Waals surface area (Å²) in [4.78, 5) is 11.4. The van der Waals surface area contributed by atoms with Gasteiger partial charge in [-0.15, -0.1) is 0 Å². The van der Waals surface area contributed by atoms with Crippen LogP contribution >= 0.6 is 0 Å². The molecule has 0 amide bonds. The minimum Gasteiger partial charge on any atom is -0.462 e. The maximum atomic E-state index is 11.4. The summed E-state index contributed by atoms with van der Waals surface area (Å²) in [6.07, 6.45) is 8.46. The molecule has 0 saturated heterocycles. The van der Waals surface area contributed by atoms with Crippen molar-refractivity contribution in [1.82, 2.24) is 0 Å². The van der Waals surface area contributed by atoms with Gasteiger partial charge in [0.25, 0.3) is 0 Å². The number of unbranched alkanes of at least 4 members (excludes halogenated alkanes) is 4. The van der Waals surface area contributed by atoms with Crippen LogP contribution in [-0.2, 0) is 9.53 Å².